The highest BCUT2D eigenvalue weighted by molar-refractivity contribution is 7.16. The fourth-order valence-corrected chi connectivity index (χ4v) is 3.51. The van der Waals surface area contributed by atoms with E-state index in [0.29, 0.717) is 32.8 Å². The molecule has 1 N–H and O–H groups in total. The number of morpholine rings is 1. The topological polar surface area (TPSA) is 91.8 Å². The maximum Gasteiger partial charge on any atom is 0.283 e. The van der Waals surface area contributed by atoms with E-state index in [1.165, 1.54) is 6.08 Å². The van der Waals surface area contributed by atoms with Gasteiger partial charge in [0.2, 0.25) is 5.78 Å². The van der Waals surface area contributed by atoms with E-state index in [9.17, 15) is 14.4 Å². The van der Waals surface area contributed by atoms with E-state index in [1.54, 1.807) is 4.90 Å². The lowest BCUT2D eigenvalue weighted by molar-refractivity contribution is 0.0302. The molecule has 1 aromatic heterocycles. The Balaban J connectivity index is 1.76. The predicted octanol–water partition coefficient (Wildman–Crippen LogP) is 0.0296. The first-order valence-electron chi connectivity index (χ1n) is 8.04. The van der Waals surface area contributed by atoms with Gasteiger partial charge in [-0.15, -0.1) is 11.3 Å². The van der Waals surface area contributed by atoms with Crippen molar-refractivity contribution in [2.24, 2.45) is 0 Å². The maximum absolute atomic E-state index is 12.6. The molecule has 134 valence electrons. The molecule has 0 unspecified atom stereocenters. The molecular weight excluding hydrogens is 344 g/mol. The van der Waals surface area contributed by atoms with E-state index in [4.69, 9.17) is 4.74 Å². The summed E-state index contributed by atoms with van der Waals surface area (Å²) >= 11 is 0.986. The van der Waals surface area contributed by atoms with Gasteiger partial charge in [0, 0.05) is 32.3 Å². The van der Waals surface area contributed by atoms with Crippen LogP contribution in [0.15, 0.2) is 11.8 Å². The standard InChI is InChI=1S/C16H20N4O4S/c1-19(2)4-3-17-10-9-11(21)14-12(13(10)22)18-15(25-14)16(23)20-5-7-24-8-6-20/h9,17H,3-8H2,1-2H3. The largest absolute Gasteiger partial charge is 0.380 e. The Bertz CT molecular complexity index is 734. The van der Waals surface area contributed by atoms with Crippen molar-refractivity contribution >= 4 is 28.8 Å². The van der Waals surface area contributed by atoms with Gasteiger partial charge in [-0.2, -0.15) is 0 Å². The molecule has 1 aliphatic carbocycles. The number of rotatable bonds is 5. The lowest BCUT2D eigenvalue weighted by Crippen LogP contribution is -2.40. The number of fused-ring (bicyclic) bond motifs is 1. The van der Waals surface area contributed by atoms with Crippen molar-refractivity contribution in [2.45, 2.75) is 0 Å². The molecule has 0 atom stereocenters. The van der Waals surface area contributed by atoms with Crippen LogP contribution in [0.2, 0.25) is 0 Å². The number of nitrogens with zero attached hydrogens (tertiary/aromatic N) is 3. The minimum atomic E-state index is -0.342. The second-order valence-electron chi connectivity index (χ2n) is 6.08. The first-order chi connectivity index (χ1) is 12.0. The third-order valence-electron chi connectivity index (χ3n) is 3.94. The number of aromatic nitrogens is 1. The Morgan fingerprint density at radius 3 is 2.76 bits per heavy atom. The number of nitrogens with one attached hydrogen (secondary N) is 1. The number of hydrogen-bond donors (Lipinski definition) is 1. The first-order valence-corrected chi connectivity index (χ1v) is 8.86. The number of ketones is 2. The molecule has 9 heteroatoms. The zero-order valence-corrected chi connectivity index (χ0v) is 15.0. The fourth-order valence-electron chi connectivity index (χ4n) is 2.57. The Hall–Kier alpha value is -2.10. The van der Waals surface area contributed by atoms with Crippen molar-refractivity contribution in [1.29, 1.82) is 0 Å². The Labute approximate surface area is 149 Å². The summed E-state index contributed by atoms with van der Waals surface area (Å²) in [4.78, 5) is 45.4. The normalized spacial score (nSPS) is 17.6. The van der Waals surface area contributed by atoms with Crippen LogP contribution in [0.4, 0.5) is 0 Å². The van der Waals surface area contributed by atoms with Crippen LogP contribution in [-0.4, -0.2) is 85.7 Å². The summed E-state index contributed by atoms with van der Waals surface area (Å²) in [5.41, 5.74) is 0.302. The number of amides is 1. The molecule has 8 nitrogen and oxygen atoms in total. The van der Waals surface area contributed by atoms with Crippen molar-refractivity contribution in [2.75, 3.05) is 53.5 Å². The van der Waals surface area contributed by atoms with Crippen LogP contribution in [0.3, 0.4) is 0 Å². The van der Waals surface area contributed by atoms with Crippen molar-refractivity contribution in [3.63, 3.8) is 0 Å². The molecule has 1 amide bonds. The summed E-state index contributed by atoms with van der Waals surface area (Å²) in [6, 6.07) is 0. The number of allylic oxidation sites excluding steroid dienone is 2. The highest BCUT2D eigenvalue weighted by atomic mass is 32.1. The maximum atomic E-state index is 12.6. The van der Waals surface area contributed by atoms with E-state index >= 15 is 0 Å². The molecule has 0 spiro atoms. The molecule has 1 aliphatic heterocycles. The molecule has 1 fully saturated rings. The van der Waals surface area contributed by atoms with Crippen LogP contribution >= 0.6 is 11.3 Å². The fraction of sp³-hybridized carbons (Fsp3) is 0.500. The summed E-state index contributed by atoms with van der Waals surface area (Å²) in [5, 5.41) is 3.16. The molecule has 1 aromatic rings. The molecule has 2 aliphatic rings. The smallest absolute Gasteiger partial charge is 0.283 e. The Morgan fingerprint density at radius 2 is 2.08 bits per heavy atom. The third kappa shape index (κ3) is 3.78. The van der Waals surface area contributed by atoms with Crippen LogP contribution in [0, 0.1) is 0 Å². The van der Waals surface area contributed by atoms with Gasteiger partial charge >= 0.3 is 0 Å². The number of likely N-dealkylation sites (N-methyl/N-ethyl adjacent to an activating group) is 1. The Morgan fingerprint density at radius 1 is 1.36 bits per heavy atom. The predicted molar refractivity (Wildman–Crippen MR) is 92.1 cm³/mol. The summed E-state index contributed by atoms with van der Waals surface area (Å²) in [7, 11) is 3.85. The van der Waals surface area contributed by atoms with Gasteiger partial charge in [0.1, 0.15) is 10.6 Å². The second-order valence-corrected chi connectivity index (χ2v) is 7.08. The number of carbonyl (C=O) groups excluding carboxylic acids is 3. The molecule has 0 aromatic carbocycles. The SMILES string of the molecule is CN(C)CCNC1=CC(=O)c2sc(C(=O)N3CCOCC3)nc2C1=O. The average Bonchev–Trinajstić information content (AvgIpc) is 3.05. The minimum absolute atomic E-state index is 0.0708. The van der Waals surface area contributed by atoms with Crippen molar-refractivity contribution in [3.8, 4) is 0 Å². The monoisotopic (exact) mass is 364 g/mol. The van der Waals surface area contributed by atoms with Crippen LogP contribution in [-0.2, 0) is 4.74 Å². The molecule has 0 bridgehead atoms. The zero-order chi connectivity index (χ0) is 18.0. The summed E-state index contributed by atoms with van der Waals surface area (Å²) < 4.78 is 5.23. The Kier molecular flexibility index (Phi) is 5.26. The van der Waals surface area contributed by atoms with Gasteiger partial charge in [0.25, 0.3) is 5.91 Å². The van der Waals surface area contributed by atoms with E-state index in [1.807, 2.05) is 19.0 Å². The zero-order valence-electron chi connectivity index (χ0n) is 14.2. The van der Waals surface area contributed by atoms with Gasteiger partial charge in [-0.3, -0.25) is 14.4 Å². The van der Waals surface area contributed by atoms with Gasteiger partial charge in [-0.1, -0.05) is 0 Å². The van der Waals surface area contributed by atoms with Gasteiger partial charge in [0.15, 0.2) is 10.8 Å². The first kappa shape index (κ1) is 17.7. The number of carbonyl (C=O) groups is 3. The van der Waals surface area contributed by atoms with Crippen molar-refractivity contribution < 1.29 is 19.1 Å². The van der Waals surface area contributed by atoms with E-state index in [2.05, 4.69) is 10.3 Å². The molecule has 2 heterocycles. The van der Waals surface area contributed by atoms with Gasteiger partial charge in [-0.05, 0) is 14.1 Å². The molecule has 0 radical (unpaired) electrons. The average molecular weight is 364 g/mol. The quantitative estimate of drug-likeness (QED) is 0.788. The van der Waals surface area contributed by atoms with Crippen LogP contribution in [0.25, 0.3) is 0 Å². The lowest BCUT2D eigenvalue weighted by Gasteiger charge is -2.25. The number of ether oxygens (including phenoxy) is 1. The van der Waals surface area contributed by atoms with Crippen LogP contribution < -0.4 is 5.32 Å². The second kappa shape index (κ2) is 7.42. The van der Waals surface area contributed by atoms with E-state index in [0.717, 1.165) is 17.9 Å². The van der Waals surface area contributed by atoms with E-state index in [-0.39, 0.29) is 38.7 Å². The summed E-state index contributed by atoms with van der Waals surface area (Å²) in [6.07, 6.45) is 1.29. The van der Waals surface area contributed by atoms with Crippen LogP contribution in [0.1, 0.15) is 30.0 Å². The van der Waals surface area contributed by atoms with E-state index < -0.39 is 0 Å². The van der Waals surface area contributed by atoms with Gasteiger partial charge < -0.3 is 19.9 Å². The third-order valence-corrected chi connectivity index (χ3v) is 5.00. The summed E-state index contributed by atoms with van der Waals surface area (Å²) in [5.74, 6) is -0.892. The van der Waals surface area contributed by atoms with Gasteiger partial charge in [0.05, 0.1) is 18.9 Å². The molecule has 3 rings (SSSR count). The van der Waals surface area contributed by atoms with Crippen LogP contribution in [0.5, 0.6) is 0 Å². The number of Topliss-reactive ketones (excluding diaryl/α,β-unsaturated/α-hetero) is 1. The lowest BCUT2D eigenvalue weighted by atomic mass is 10.0. The highest BCUT2D eigenvalue weighted by Crippen LogP contribution is 2.27. The van der Waals surface area contributed by atoms with Gasteiger partial charge in [-0.25, -0.2) is 4.98 Å². The summed E-state index contributed by atoms with van der Waals surface area (Å²) in [6.45, 7) is 3.20. The number of thiazole rings is 1. The molecule has 25 heavy (non-hydrogen) atoms. The number of hydrogen-bond acceptors (Lipinski definition) is 8. The molecule has 0 saturated carbocycles. The molecular formula is C16H20N4O4S. The highest BCUT2D eigenvalue weighted by Gasteiger charge is 2.32. The molecule has 1 saturated heterocycles. The van der Waals surface area contributed by atoms with Crippen molar-refractivity contribution in [1.82, 2.24) is 20.1 Å². The minimum Gasteiger partial charge on any atom is -0.380 e. The van der Waals surface area contributed by atoms with Crippen molar-refractivity contribution in [3.05, 3.63) is 27.4 Å².